The van der Waals surface area contributed by atoms with Gasteiger partial charge in [0.2, 0.25) is 5.92 Å². The van der Waals surface area contributed by atoms with Crippen LogP contribution in [0.2, 0.25) is 0 Å². The molecule has 1 saturated carbocycles. The van der Waals surface area contributed by atoms with E-state index in [1.54, 1.807) is 0 Å². The van der Waals surface area contributed by atoms with E-state index in [1.807, 2.05) is 0 Å². The third-order valence-electron chi connectivity index (χ3n) is 3.76. The molecule has 136 valence electrons. The first-order valence-corrected chi connectivity index (χ1v) is 7.23. The largest absolute Gasteiger partial charge is 0.416 e. The van der Waals surface area contributed by atoms with Gasteiger partial charge in [0.15, 0.2) is 5.96 Å². The monoisotopic (exact) mass is 463 g/mol. The average Bonchev–Trinajstić information content (AvgIpc) is 2.82. The summed E-state index contributed by atoms with van der Waals surface area (Å²) in [5.74, 6) is -2.75. The summed E-state index contributed by atoms with van der Waals surface area (Å²) in [7, 11) is 0. The van der Waals surface area contributed by atoms with E-state index in [0.717, 1.165) is 12.1 Å². The normalized spacial score (nSPS) is 20.5. The van der Waals surface area contributed by atoms with Gasteiger partial charge in [0.25, 0.3) is 0 Å². The Hall–Kier alpha value is -1.13. The van der Waals surface area contributed by atoms with Crippen LogP contribution in [0.3, 0.4) is 0 Å². The molecule has 1 aromatic carbocycles. The number of benzene rings is 1. The molecule has 9 heteroatoms. The first kappa shape index (κ1) is 20.9. The number of rotatable bonds is 4. The van der Waals surface area contributed by atoms with Gasteiger partial charge in [-0.25, -0.2) is 13.8 Å². The Balaban J connectivity index is 0.00000288. The summed E-state index contributed by atoms with van der Waals surface area (Å²) in [6.45, 7) is 0.275. The fraction of sp³-hybridized carbons (Fsp3) is 0.533. The Kier molecular flexibility index (Phi) is 7.24. The van der Waals surface area contributed by atoms with E-state index in [9.17, 15) is 22.0 Å². The lowest BCUT2D eigenvalue weighted by Crippen LogP contribution is -2.35. The second-order valence-electron chi connectivity index (χ2n) is 5.75. The van der Waals surface area contributed by atoms with Crippen LogP contribution in [0, 0.1) is 5.92 Å². The van der Waals surface area contributed by atoms with Crippen molar-refractivity contribution >= 4 is 29.9 Å². The van der Waals surface area contributed by atoms with Crippen molar-refractivity contribution in [3.05, 3.63) is 35.4 Å². The van der Waals surface area contributed by atoms with Gasteiger partial charge >= 0.3 is 6.18 Å². The number of hydrogen-bond acceptors (Lipinski definition) is 1. The number of guanidine groups is 1. The summed E-state index contributed by atoms with van der Waals surface area (Å²) in [5.41, 5.74) is 5.25. The van der Waals surface area contributed by atoms with Gasteiger partial charge in [0, 0.05) is 19.4 Å². The van der Waals surface area contributed by atoms with E-state index >= 15 is 0 Å². The highest BCUT2D eigenvalue weighted by atomic mass is 127. The number of nitrogens with one attached hydrogen (secondary N) is 1. The second kappa shape index (κ2) is 8.30. The molecule has 3 N–H and O–H groups in total. The van der Waals surface area contributed by atoms with Crippen molar-refractivity contribution in [2.75, 3.05) is 6.54 Å². The van der Waals surface area contributed by atoms with Crippen LogP contribution in [-0.4, -0.2) is 18.4 Å². The molecule has 1 aliphatic rings. The van der Waals surface area contributed by atoms with Gasteiger partial charge in [0.1, 0.15) is 0 Å². The van der Waals surface area contributed by atoms with E-state index in [1.165, 1.54) is 12.1 Å². The van der Waals surface area contributed by atoms with Gasteiger partial charge < -0.3 is 11.1 Å². The lowest BCUT2D eigenvalue weighted by atomic mass is 10.1. The first-order valence-electron chi connectivity index (χ1n) is 7.23. The molecule has 2 rings (SSSR count). The summed E-state index contributed by atoms with van der Waals surface area (Å²) in [6, 6.07) is 4.81. The smallest absolute Gasteiger partial charge is 0.370 e. The molecule has 0 aliphatic heterocycles. The van der Waals surface area contributed by atoms with E-state index in [0.29, 0.717) is 12.0 Å². The van der Waals surface area contributed by atoms with E-state index in [-0.39, 0.29) is 61.8 Å². The molecule has 0 aromatic heterocycles. The van der Waals surface area contributed by atoms with Gasteiger partial charge in [-0.15, -0.1) is 24.0 Å². The molecule has 0 radical (unpaired) electrons. The Labute approximate surface area is 153 Å². The van der Waals surface area contributed by atoms with Crippen LogP contribution in [0.15, 0.2) is 29.3 Å². The molecule has 24 heavy (non-hydrogen) atoms. The summed E-state index contributed by atoms with van der Waals surface area (Å²) in [6.07, 6.45) is -4.29. The molecule has 0 amide bonds. The lowest BCUT2D eigenvalue weighted by molar-refractivity contribution is -0.137. The number of alkyl halides is 5. The minimum atomic E-state index is -4.41. The Bertz CT molecular complexity index is 574. The Morgan fingerprint density at radius 2 is 2.04 bits per heavy atom. The third kappa shape index (κ3) is 6.40. The maximum atomic E-state index is 13.0. The zero-order valence-electron chi connectivity index (χ0n) is 12.7. The van der Waals surface area contributed by atoms with Gasteiger partial charge in [-0.3, -0.25) is 0 Å². The Morgan fingerprint density at radius 3 is 2.62 bits per heavy atom. The predicted molar refractivity (Wildman–Crippen MR) is 92.5 cm³/mol. The highest BCUT2D eigenvalue weighted by Gasteiger charge is 2.39. The summed E-state index contributed by atoms with van der Waals surface area (Å²) in [5, 5.41) is 2.75. The first-order chi connectivity index (χ1) is 10.7. The number of nitrogens with zero attached hydrogens (tertiary/aromatic N) is 1. The number of hydrogen-bond donors (Lipinski definition) is 2. The van der Waals surface area contributed by atoms with Crippen molar-refractivity contribution in [3.8, 4) is 0 Å². The number of nitrogens with two attached hydrogens (primary N) is 1. The van der Waals surface area contributed by atoms with E-state index in [2.05, 4.69) is 10.3 Å². The number of aliphatic imine (C=N–C) groups is 1. The molecule has 0 spiro atoms. The molecule has 1 fully saturated rings. The molecular weight excluding hydrogens is 444 g/mol. The van der Waals surface area contributed by atoms with Crippen molar-refractivity contribution < 1.29 is 22.0 Å². The molecule has 0 saturated heterocycles. The topological polar surface area (TPSA) is 50.4 Å². The standard InChI is InChI=1S/C15H18F5N3.HI/c16-14(17)5-4-11(7-14)9-23-13(21)22-8-10-2-1-3-12(6-10)15(18,19)20;/h1-3,6,11H,4-5,7-9H2,(H3,21,22,23);1H. The summed E-state index contributed by atoms with van der Waals surface area (Å²) >= 11 is 0. The van der Waals surface area contributed by atoms with E-state index in [4.69, 9.17) is 5.73 Å². The zero-order chi connectivity index (χ0) is 17.1. The summed E-state index contributed by atoms with van der Waals surface area (Å²) in [4.78, 5) is 3.94. The fourth-order valence-electron chi connectivity index (χ4n) is 2.54. The highest BCUT2D eigenvalue weighted by molar-refractivity contribution is 14.0. The van der Waals surface area contributed by atoms with Crippen molar-refractivity contribution in [1.82, 2.24) is 5.32 Å². The minimum Gasteiger partial charge on any atom is -0.370 e. The maximum absolute atomic E-state index is 13.0. The van der Waals surface area contributed by atoms with Gasteiger partial charge in [-0.1, -0.05) is 12.1 Å². The second-order valence-corrected chi connectivity index (χ2v) is 5.75. The van der Waals surface area contributed by atoms with Crippen LogP contribution in [0.25, 0.3) is 0 Å². The van der Waals surface area contributed by atoms with Crippen LogP contribution in [-0.2, 0) is 12.7 Å². The molecule has 0 heterocycles. The van der Waals surface area contributed by atoms with Crippen LogP contribution in [0.4, 0.5) is 22.0 Å². The van der Waals surface area contributed by atoms with Crippen molar-refractivity contribution in [1.29, 1.82) is 0 Å². The third-order valence-corrected chi connectivity index (χ3v) is 3.76. The number of halogens is 6. The zero-order valence-corrected chi connectivity index (χ0v) is 15.1. The van der Waals surface area contributed by atoms with Crippen molar-refractivity contribution in [2.45, 2.75) is 37.9 Å². The van der Waals surface area contributed by atoms with Crippen molar-refractivity contribution in [3.63, 3.8) is 0 Å². The average molecular weight is 463 g/mol. The SMILES string of the molecule is I.NC(=NCc1cccc(C(F)(F)F)c1)NCC1CCC(F)(F)C1. The molecule has 0 bridgehead atoms. The molecule has 1 atom stereocenters. The quantitative estimate of drug-likeness (QED) is 0.305. The molecule has 1 aliphatic carbocycles. The molecule has 1 aromatic rings. The van der Waals surface area contributed by atoms with Crippen LogP contribution >= 0.6 is 24.0 Å². The van der Waals surface area contributed by atoms with Crippen LogP contribution < -0.4 is 11.1 Å². The maximum Gasteiger partial charge on any atom is 0.416 e. The Morgan fingerprint density at radius 1 is 1.33 bits per heavy atom. The lowest BCUT2D eigenvalue weighted by Gasteiger charge is -2.12. The summed E-state index contributed by atoms with van der Waals surface area (Å²) < 4.78 is 63.8. The van der Waals surface area contributed by atoms with E-state index < -0.39 is 17.7 Å². The van der Waals surface area contributed by atoms with Gasteiger partial charge in [-0.05, 0) is 30.0 Å². The van der Waals surface area contributed by atoms with Gasteiger partial charge in [-0.2, -0.15) is 13.2 Å². The van der Waals surface area contributed by atoms with Crippen LogP contribution in [0.1, 0.15) is 30.4 Å². The molecule has 1 unspecified atom stereocenters. The van der Waals surface area contributed by atoms with Gasteiger partial charge in [0.05, 0.1) is 12.1 Å². The highest BCUT2D eigenvalue weighted by Crippen LogP contribution is 2.38. The molecule has 3 nitrogen and oxygen atoms in total. The predicted octanol–water partition coefficient (Wildman–Crippen LogP) is 4.16. The molecular formula is C15H19F5IN3. The van der Waals surface area contributed by atoms with Crippen molar-refractivity contribution in [2.24, 2.45) is 16.6 Å². The van der Waals surface area contributed by atoms with Crippen LogP contribution in [0.5, 0.6) is 0 Å². The fourth-order valence-corrected chi connectivity index (χ4v) is 2.54. The minimum absolute atomic E-state index is 0.